The van der Waals surface area contributed by atoms with Crippen LogP contribution in [0, 0.1) is 19.8 Å². The highest BCUT2D eigenvalue weighted by atomic mass is 35.5. The lowest BCUT2D eigenvalue weighted by Crippen LogP contribution is -2.37. The van der Waals surface area contributed by atoms with Gasteiger partial charge in [0.2, 0.25) is 0 Å². The summed E-state index contributed by atoms with van der Waals surface area (Å²) >= 11 is 13.1. The molecule has 1 saturated heterocycles. The molecule has 2 aromatic heterocycles. The molecular formula is C29H34Cl2N6. The van der Waals surface area contributed by atoms with Crippen LogP contribution in [0.4, 0.5) is 5.82 Å². The van der Waals surface area contributed by atoms with E-state index in [0.717, 1.165) is 60.0 Å². The number of fused-ring (bicyclic) bond motifs is 1. The number of aryl methyl sites for hydroxylation is 2. The maximum absolute atomic E-state index is 6.56. The van der Waals surface area contributed by atoms with Gasteiger partial charge in [-0.05, 0) is 69.8 Å². The topological polar surface area (TPSA) is 71.5 Å². The SMILES string of the molecule is Cc1cc(NC(CN)CC2CCN(Cc3ccccc3)CC2)n2nc(C)c(-c3c(Cl)cccc3Cl)c2n1. The number of nitrogens with one attached hydrogen (secondary N) is 1. The maximum Gasteiger partial charge on any atom is 0.165 e. The molecule has 0 bridgehead atoms. The summed E-state index contributed by atoms with van der Waals surface area (Å²) in [6.07, 6.45) is 3.40. The summed E-state index contributed by atoms with van der Waals surface area (Å²) in [5, 5.41) is 9.68. The fraction of sp³-hybridized carbons (Fsp3) is 0.379. The Labute approximate surface area is 228 Å². The van der Waals surface area contributed by atoms with Crippen LogP contribution in [0.1, 0.15) is 36.2 Å². The summed E-state index contributed by atoms with van der Waals surface area (Å²) in [6, 6.07) is 18.4. The highest BCUT2D eigenvalue weighted by molar-refractivity contribution is 6.39. The first-order valence-electron chi connectivity index (χ1n) is 13.0. The van der Waals surface area contributed by atoms with E-state index in [1.54, 1.807) is 0 Å². The summed E-state index contributed by atoms with van der Waals surface area (Å²) in [7, 11) is 0. The summed E-state index contributed by atoms with van der Waals surface area (Å²) in [5.74, 6) is 1.53. The van der Waals surface area contributed by atoms with Crippen molar-refractivity contribution in [1.29, 1.82) is 0 Å². The van der Waals surface area contributed by atoms with E-state index in [1.807, 2.05) is 42.6 Å². The van der Waals surface area contributed by atoms with Gasteiger partial charge in [0.1, 0.15) is 5.82 Å². The van der Waals surface area contributed by atoms with Crippen molar-refractivity contribution in [3.05, 3.63) is 81.6 Å². The lowest BCUT2D eigenvalue weighted by molar-refractivity contribution is 0.169. The number of rotatable bonds is 8. The fourth-order valence-electron chi connectivity index (χ4n) is 5.42. The van der Waals surface area contributed by atoms with Crippen LogP contribution in [-0.4, -0.2) is 45.2 Å². The van der Waals surface area contributed by atoms with E-state index in [0.29, 0.717) is 22.5 Å². The number of anilines is 1. The molecule has 4 aromatic rings. The second-order valence-corrected chi connectivity index (χ2v) is 10.9. The number of likely N-dealkylation sites (tertiary alicyclic amines) is 1. The molecular weight excluding hydrogens is 503 g/mol. The van der Waals surface area contributed by atoms with Crippen molar-refractivity contribution in [3.63, 3.8) is 0 Å². The molecule has 0 radical (unpaired) electrons. The molecule has 1 unspecified atom stereocenters. The number of hydrogen-bond acceptors (Lipinski definition) is 5. The zero-order chi connectivity index (χ0) is 25.9. The monoisotopic (exact) mass is 536 g/mol. The van der Waals surface area contributed by atoms with Crippen molar-refractivity contribution in [3.8, 4) is 11.1 Å². The number of piperidine rings is 1. The van der Waals surface area contributed by atoms with Crippen LogP contribution in [0.3, 0.4) is 0 Å². The first-order valence-corrected chi connectivity index (χ1v) is 13.7. The van der Waals surface area contributed by atoms with Gasteiger partial charge < -0.3 is 11.1 Å². The largest absolute Gasteiger partial charge is 0.366 e. The predicted molar refractivity (Wildman–Crippen MR) is 153 cm³/mol. The molecule has 0 aliphatic carbocycles. The molecule has 37 heavy (non-hydrogen) atoms. The van der Waals surface area contributed by atoms with Gasteiger partial charge in [0.05, 0.1) is 21.3 Å². The van der Waals surface area contributed by atoms with E-state index in [-0.39, 0.29) is 6.04 Å². The normalized spacial score (nSPS) is 15.8. The minimum Gasteiger partial charge on any atom is -0.366 e. The number of benzene rings is 2. The van der Waals surface area contributed by atoms with E-state index in [2.05, 4.69) is 40.5 Å². The first kappa shape index (κ1) is 26.0. The van der Waals surface area contributed by atoms with E-state index >= 15 is 0 Å². The van der Waals surface area contributed by atoms with E-state index in [9.17, 15) is 0 Å². The Morgan fingerprint density at radius 3 is 2.38 bits per heavy atom. The van der Waals surface area contributed by atoms with Gasteiger partial charge in [-0.2, -0.15) is 9.61 Å². The van der Waals surface area contributed by atoms with E-state index in [1.165, 1.54) is 18.4 Å². The van der Waals surface area contributed by atoms with Gasteiger partial charge in [-0.25, -0.2) is 4.98 Å². The average molecular weight is 538 g/mol. The third-order valence-corrected chi connectivity index (χ3v) is 7.95. The third kappa shape index (κ3) is 5.78. The van der Waals surface area contributed by atoms with Crippen molar-refractivity contribution >= 4 is 34.7 Å². The van der Waals surface area contributed by atoms with Crippen molar-refractivity contribution in [2.45, 2.75) is 45.7 Å². The highest BCUT2D eigenvalue weighted by Crippen LogP contribution is 2.39. The van der Waals surface area contributed by atoms with Crippen molar-refractivity contribution < 1.29 is 0 Å². The Kier molecular flexibility index (Phi) is 8.01. The van der Waals surface area contributed by atoms with Gasteiger partial charge in [-0.1, -0.05) is 59.6 Å². The molecule has 3 N–H and O–H groups in total. The zero-order valence-electron chi connectivity index (χ0n) is 21.4. The molecule has 194 valence electrons. The Balaban J connectivity index is 1.32. The lowest BCUT2D eigenvalue weighted by atomic mass is 9.90. The van der Waals surface area contributed by atoms with Crippen molar-refractivity contribution in [2.24, 2.45) is 11.7 Å². The lowest BCUT2D eigenvalue weighted by Gasteiger charge is -2.34. The molecule has 1 atom stereocenters. The number of aromatic nitrogens is 3. The zero-order valence-corrected chi connectivity index (χ0v) is 22.9. The van der Waals surface area contributed by atoms with Crippen LogP contribution in [-0.2, 0) is 6.54 Å². The number of nitrogens with zero attached hydrogens (tertiary/aromatic N) is 4. The molecule has 1 aliphatic rings. The minimum absolute atomic E-state index is 0.146. The molecule has 0 spiro atoms. The molecule has 0 saturated carbocycles. The Bertz CT molecular complexity index is 1340. The molecule has 1 fully saturated rings. The van der Waals surface area contributed by atoms with Crippen LogP contribution in [0.25, 0.3) is 16.8 Å². The van der Waals surface area contributed by atoms with E-state index < -0.39 is 0 Å². The van der Waals surface area contributed by atoms with Crippen LogP contribution >= 0.6 is 23.2 Å². The Hall–Kier alpha value is -2.64. The maximum atomic E-state index is 6.56. The van der Waals surface area contributed by atoms with Crippen LogP contribution in [0.2, 0.25) is 10.0 Å². The molecule has 6 nitrogen and oxygen atoms in total. The number of nitrogens with two attached hydrogens (primary N) is 1. The van der Waals surface area contributed by atoms with Gasteiger partial charge in [-0.15, -0.1) is 0 Å². The fourth-order valence-corrected chi connectivity index (χ4v) is 6.01. The second-order valence-electron chi connectivity index (χ2n) is 10.1. The second kappa shape index (κ2) is 11.4. The molecule has 5 rings (SSSR count). The smallest absolute Gasteiger partial charge is 0.165 e. The van der Waals surface area contributed by atoms with Gasteiger partial charge in [0.15, 0.2) is 5.65 Å². The highest BCUT2D eigenvalue weighted by Gasteiger charge is 2.24. The summed E-state index contributed by atoms with van der Waals surface area (Å²) in [4.78, 5) is 7.37. The molecule has 1 aliphatic heterocycles. The summed E-state index contributed by atoms with van der Waals surface area (Å²) < 4.78 is 1.86. The Morgan fingerprint density at radius 2 is 1.70 bits per heavy atom. The standard InChI is InChI=1S/C29H34Cl2N6/c1-19-15-26(37-29(33-19)27(20(2)35-37)28-24(30)9-6-10-25(28)31)34-23(17-32)16-21-11-13-36(14-12-21)18-22-7-4-3-5-8-22/h3-10,15,21,23,34H,11-14,16-18,32H2,1-2H3. The third-order valence-electron chi connectivity index (χ3n) is 7.32. The van der Waals surface area contributed by atoms with Gasteiger partial charge in [-0.3, -0.25) is 4.90 Å². The molecule has 3 heterocycles. The summed E-state index contributed by atoms with van der Waals surface area (Å²) in [5.41, 5.74) is 11.7. The average Bonchev–Trinajstić information content (AvgIpc) is 3.21. The predicted octanol–water partition coefficient (Wildman–Crippen LogP) is 6.36. The van der Waals surface area contributed by atoms with Crippen molar-refractivity contribution in [1.82, 2.24) is 19.5 Å². The number of halogens is 2. The van der Waals surface area contributed by atoms with Gasteiger partial charge in [0, 0.05) is 36.5 Å². The van der Waals surface area contributed by atoms with Gasteiger partial charge >= 0.3 is 0 Å². The van der Waals surface area contributed by atoms with Crippen molar-refractivity contribution in [2.75, 3.05) is 25.0 Å². The van der Waals surface area contributed by atoms with Crippen LogP contribution < -0.4 is 11.1 Å². The van der Waals surface area contributed by atoms with E-state index in [4.69, 9.17) is 39.0 Å². The molecule has 0 amide bonds. The molecule has 8 heteroatoms. The quantitative estimate of drug-likeness (QED) is 0.274. The summed E-state index contributed by atoms with van der Waals surface area (Å²) in [6.45, 7) is 7.77. The van der Waals surface area contributed by atoms with Crippen LogP contribution in [0.15, 0.2) is 54.6 Å². The van der Waals surface area contributed by atoms with Gasteiger partial charge in [0.25, 0.3) is 0 Å². The first-order chi connectivity index (χ1) is 17.9. The van der Waals surface area contributed by atoms with Crippen LogP contribution in [0.5, 0.6) is 0 Å². The minimum atomic E-state index is 0.146. The Morgan fingerprint density at radius 1 is 1.00 bits per heavy atom. The molecule has 2 aromatic carbocycles. The number of hydrogen-bond donors (Lipinski definition) is 2.